The Morgan fingerprint density at radius 3 is 1.89 bits per heavy atom. The van der Waals surface area contributed by atoms with Gasteiger partial charge in [-0.15, -0.1) is 0 Å². The predicted molar refractivity (Wildman–Crippen MR) is 62.6 cm³/mol. The number of quaternary nitrogens is 1. The molecule has 1 unspecified atom stereocenters. The van der Waals surface area contributed by atoms with E-state index in [1.807, 2.05) is 0 Å². The van der Waals surface area contributed by atoms with E-state index in [2.05, 4.69) is 0 Å². The summed E-state index contributed by atoms with van der Waals surface area (Å²) in [5, 5.41) is -2.07. The fraction of sp³-hybridized carbons (Fsp3) is 0.875. The molecule has 0 radical (unpaired) electrons. The van der Waals surface area contributed by atoms with E-state index in [0.717, 1.165) is 0 Å². The molecule has 0 aromatic rings. The minimum absolute atomic E-state index is 0. The summed E-state index contributed by atoms with van der Waals surface area (Å²) < 4.78 is 22.5. The molecule has 0 bridgehead atoms. The van der Waals surface area contributed by atoms with E-state index in [1.54, 1.807) is 14.1 Å². The molecule has 4 N–H and O–H groups in total. The van der Waals surface area contributed by atoms with E-state index in [-0.39, 0.29) is 35.6 Å². The first-order valence-electron chi connectivity index (χ1n) is 5.32. The predicted octanol–water partition coefficient (Wildman–Crippen LogP) is -3.32. The molecule has 0 aromatic heterocycles. The van der Waals surface area contributed by atoms with Crippen molar-refractivity contribution in [3.63, 3.8) is 0 Å². The highest BCUT2D eigenvalue weighted by Crippen LogP contribution is 2.64. The zero-order valence-corrected chi connectivity index (χ0v) is 13.1. The van der Waals surface area contributed by atoms with Crippen LogP contribution in [0.1, 0.15) is 12.8 Å². The van der Waals surface area contributed by atoms with Crippen LogP contribution in [0.3, 0.4) is 0 Å². The maximum Gasteiger partial charge on any atom is 0.340 e. The topological polar surface area (TPSA) is 132 Å². The van der Waals surface area contributed by atoms with Crippen molar-refractivity contribution in [1.82, 2.24) is 0 Å². The molecule has 19 heavy (non-hydrogen) atoms. The molecule has 8 nitrogen and oxygen atoms in total. The van der Waals surface area contributed by atoms with E-state index >= 15 is 0 Å². The maximum absolute atomic E-state index is 11.8. The van der Waals surface area contributed by atoms with Crippen molar-refractivity contribution in [2.75, 3.05) is 20.6 Å². The summed E-state index contributed by atoms with van der Waals surface area (Å²) in [6.45, 7) is 0.306. The van der Waals surface area contributed by atoms with Gasteiger partial charge in [-0.1, -0.05) is 0 Å². The van der Waals surface area contributed by atoms with Crippen LogP contribution in [0.15, 0.2) is 0 Å². The summed E-state index contributed by atoms with van der Waals surface area (Å²) in [6.07, 6.45) is -0.0342. The monoisotopic (exact) mass is 337 g/mol. The van der Waals surface area contributed by atoms with Crippen LogP contribution < -0.4 is 12.4 Å². The fourth-order valence-electron chi connectivity index (χ4n) is 2.19. The standard InChI is InChI=1S/C8H17NO7P2.ClH/c1-9(2)4-3-6(5-7(9)10)8(17(11,12)13)18(14,15)16;/h6,8H,3-5H2,1-2H3,(H3-,11,12,13,14,15,16);1H. The SMILES string of the molecule is C[N+]1(C)CCC(C(P(=O)(O)O)P(=O)(O)O)CC1=O.[Cl-]. The van der Waals surface area contributed by atoms with Crippen LogP contribution in [0.2, 0.25) is 0 Å². The van der Waals surface area contributed by atoms with Crippen molar-refractivity contribution in [3.8, 4) is 0 Å². The molecule has 1 amide bonds. The van der Waals surface area contributed by atoms with Gasteiger partial charge in [0.25, 0.3) is 0 Å². The Kier molecular flexibility index (Phi) is 5.98. The summed E-state index contributed by atoms with van der Waals surface area (Å²) in [5.41, 5.74) is 0. The third kappa shape index (κ3) is 4.62. The normalized spacial score (nSPS) is 24.2. The fourth-order valence-corrected chi connectivity index (χ4v) is 5.36. The van der Waals surface area contributed by atoms with Crippen molar-refractivity contribution >= 4 is 21.1 Å². The lowest BCUT2D eigenvalue weighted by molar-refractivity contribution is -0.818. The van der Waals surface area contributed by atoms with Gasteiger partial charge >= 0.3 is 21.1 Å². The summed E-state index contributed by atoms with van der Waals surface area (Å²) in [6, 6.07) is 0. The largest absolute Gasteiger partial charge is 1.00 e. The number of carbonyl (C=O) groups excluding carboxylic acids is 1. The molecule has 114 valence electrons. The van der Waals surface area contributed by atoms with Crippen LogP contribution in [-0.2, 0) is 13.9 Å². The van der Waals surface area contributed by atoms with Gasteiger partial charge in [-0.25, -0.2) is 4.79 Å². The van der Waals surface area contributed by atoms with Crippen LogP contribution >= 0.6 is 15.2 Å². The summed E-state index contributed by atoms with van der Waals surface area (Å²) in [4.78, 5) is 48.1. The van der Waals surface area contributed by atoms with Crippen LogP contribution in [0.4, 0.5) is 0 Å². The number of hydrogen-bond acceptors (Lipinski definition) is 3. The minimum Gasteiger partial charge on any atom is -1.00 e. The van der Waals surface area contributed by atoms with E-state index in [4.69, 9.17) is 19.6 Å². The zero-order valence-electron chi connectivity index (χ0n) is 10.5. The molecule has 0 spiro atoms. The van der Waals surface area contributed by atoms with Crippen molar-refractivity contribution < 1.29 is 50.4 Å². The number of nitrogens with zero attached hydrogens (tertiary/aromatic N) is 1. The molecular weight excluding hydrogens is 319 g/mol. The molecule has 1 aliphatic rings. The third-order valence-corrected chi connectivity index (χ3v) is 7.31. The second-order valence-corrected chi connectivity index (χ2v) is 9.02. The Bertz CT molecular complexity index is 420. The number of halogens is 1. The highest BCUT2D eigenvalue weighted by atomic mass is 35.5. The van der Waals surface area contributed by atoms with E-state index in [0.29, 0.717) is 6.54 Å². The van der Waals surface area contributed by atoms with Gasteiger partial charge in [-0.2, -0.15) is 0 Å². The molecule has 1 atom stereocenters. The second kappa shape index (κ2) is 5.92. The molecule has 0 aliphatic carbocycles. The summed E-state index contributed by atoms with van der Waals surface area (Å²) >= 11 is 0. The van der Waals surface area contributed by atoms with E-state index in [1.165, 1.54) is 0 Å². The summed E-state index contributed by atoms with van der Waals surface area (Å²) in [5.74, 6) is -1.26. The Hall–Kier alpha value is 0.220. The lowest BCUT2D eigenvalue weighted by Crippen LogP contribution is -3.00. The third-order valence-electron chi connectivity index (χ3n) is 3.28. The lowest BCUT2D eigenvalue weighted by Gasteiger charge is -2.37. The van der Waals surface area contributed by atoms with E-state index < -0.39 is 26.5 Å². The quantitative estimate of drug-likeness (QED) is 0.313. The molecule has 1 heterocycles. The van der Waals surface area contributed by atoms with Gasteiger partial charge in [-0.3, -0.25) is 13.6 Å². The first kappa shape index (κ1) is 19.2. The second-order valence-electron chi connectivity index (χ2n) is 5.15. The molecule has 1 fully saturated rings. The van der Waals surface area contributed by atoms with Gasteiger partial charge in [0.05, 0.1) is 27.1 Å². The first-order valence-corrected chi connectivity index (χ1v) is 8.69. The first-order chi connectivity index (χ1) is 7.86. The average molecular weight is 338 g/mol. The Morgan fingerprint density at radius 2 is 1.58 bits per heavy atom. The molecule has 0 saturated carbocycles. The van der Waals surface area contributed by atoms with Gasteiger partial charge < -0.3 is 32.0 Å². The van der Waals surface area contributed by atoms with Crippen LogP contribution in [0.5, 0.6) is 0 Å². The highest BCUT2D eigenvalue weighted by Gasteiger charge is 2.52. The van der Waals surface area contributed by atoms with E-state index in [9.17, 15) is 13.9 Å². The van der Waals surface area contributed by atoms with Crippen LogP contribution in [0, 0.1) is 5.92 Å². The molecular formula is C8H18ClNO7P2. The Balaban J connectivity index is 0.00000324. The van der Waals surface area contributed by atoms with Gasteiger partial charge in [0.15, 0.2) is 5.40 Å². The summed E-state index contributed by atoms with van der Waals surface area (Å²) in [7, 11) is -6.60. The molecule has 0 aromatic carbocycles. The molecule has 11 heteroatoms. The number of piperidine rings is 1. The number of likely N-dealkylation sites (tertiary alicyclic amines) is 1. The minimum atomic E-state index is -4.96. The zero-order chi connectivity index (χ0) is 14.4. The highest BCUT2D eigenvalue weighted by molar-refractivity contribution is 7.70. The lowest BCUT2D eigenvalue weighted by atomic mass is 9.97. The molecule has 1 saturated heterocycles. The van der Waals surface area contributed by atoms with Crippen molar-refractivity contribution in [2.45, 2.75) is 18.2 Å². The number of rotatable bonds is 3. The van der Waals surface area contributed by atoms with Crippen LogP contribution in [0.25, 0.3) is 0 Å². The maximum atomic E-state index is 11.8. The molecule has 1 aliphatic heterocycles. The van der Waals surface area contributed by atoms with Gasteiger partial charge in [0.2, 0.25) is 0 Å². The van der Waals surface area contributed by atoms with Gasteiger partial charge in [-0.05, 0) is 0 Å². The van der Waals surface area contributed by atoms with Crippen molar-refractivity contribution in [1.29, 1.82) is 0 Å². The Morgan fingerprint density at radius 1 is 1.16 bits per heavy atom. The molecule has 1 rings (SSSR count). The van der Waals surface area contributed by atoms with Crippen molar-refractivity contribution in [2.24, 2.45) is 5.92 Å². The van der Waals surface area contributed by atoms with Crippen LogP contribution in [-0.4, -0.2) is 56.0 Å². The number of carbonyl (C=O) groups is 1. The van der Waals surface area contributed by atoms with Crippen molar-refractivity contribution in [3.05, 3.63) is 0 Å². The Labute approximate surface area is 117 Å². The van der Waals surface area contributed by atoms with Gasteiger partial charge in [0.1, 0.15) is 0 Å². The van der Waals surface area contributed by atoms with Gasteiger partial charge in [0, 0.05) is 12.3 Å². The number of hydrogen-bond donors (Lipinski definition) is 4. The number of amides is 1. The smallest absolute Gasteiger partial charge is 0.340 e. The average Bonchev–Trinajstić information content (AvgIpc) is 2.07.